The molecular formula is C22H21N5O3. The fourth-order valence-corrected chi connectivity index (χ4v) is 4.06. The lowest BCUT2D eigenvalue weighted by molar-refractivity contribution is -0.139. The number of aromatic nitrogens is 4. The number of aliphatic carboxylic acids is 1. The highest BCUT2D eigenvalue weighted by molar-refractivity contribution is 5.94. The van der Waals surface area contributed by atoms with Crippen LogP contribution in [-0.4, -0.2) is 42.4 Å². The zero-order valence-corrected chi connectivity index (χ0v) is 16.4. The van der Waals surface area contributed by atoms with E-state index in [0.717, 1.165) is 45.4 Å². The van der Waals surface area contributed by atoms with Crippen molar-refractivity contribution < 1.29 is 15.0 Å². The summed E-state index contributed by atoms with van der Waals surface area (Å²) in [7, 11) is 0. The van der Waals surface area contributed by atoms with Gasteiger partial charge >= 0.3 is 5.97 Å². The normalized spacial score (nSPS) is 16.0. The van der Waals surface area contributed by atoms with Crippen LogP contribution in [0.25, 0.3) is 33.5 Å². The predicted octanol–water partition coefficient (Wildman–Crippen LogP) is 2.99. The van der Waals surface area contributed by atoms with E-state index in [1.807, 2.05) is 24.3 Å². The second-order valence-electron chi connectivity index (χ2n) is 7.51. The van der Waals surface area contributed by atoms with Crippen molar-refractivity contribution in [3.05, 3.63) is 53.3 Å². The number of aryl methyl sites for hydroxylation is 1. The third-order valence-electron chi connectivity index (χ3n) is 5.65. The topological polar surface area (TPSA) is 127 Å². The van der Waals surface area contributed by atoms with Gasteiger partial charge in [0, 0.05) is 18.4 Å². The van der Waals surface area contributed by atoms with Gasteiger partial charge in [-0.3, -0.25) is 15.2 Å². The van der Waals surface area contributed by atoms with Gasteiger partial charge in [0.15, 0.2) is 5.82 Å². The van der Waals surface area contributed by atoms with Gasteiger partial charge in [-0.2, -0.15) is 5.10 Å². The SMILES string of the molecule is CCc1cc(O)ccc1-c1ccc2c(-c3nc4c([nH]3)CN[C@H](C(=O)O)C4)n[nH]c2c1. The first kappa shape index (κ1) is 18.4. The number of nitrogens with zero attached hydrogens (tertiary/aromatic N) is 2. The predicted molar refractivity (Wildman–Crippen MR) is 112 cm³/mol. The van der Waals surface area contributed by atoms with Crippen LogP contribution in [0, 0.1) is 0 Å². The molecule has 2 aromatic carbocycles. The van der Waals surface area contributed by atoms with Crippen molar-refractivity contribution in [3.63, 3.8) is 0 Å². The van der Waals surface area contributed by atoms with Crippen molar-refractivity contribution in [2.75, 3.05) is 0 Å². The van der Waals surface area contributed by atoms with E-state index in [-0.39, 0.29) is 5.75 Å². The standard InChI is InChI=1S/C22H21N5O3/c1-2-11-7-13(28)4-6-14(11)12-3-5-15-16(8-12)26-27-20(15)21-24-17-9-18(22(29)30)23-10-19(17)25-21/h3-8,18,23,28H,2,9-10H2,1H3,(H,24,25)(H,26,27)(H,29,30)/t18-/m0/s1. The van der Waals surface area contributed by atoms with Crippen LogP contribution in [0.5, 0.6) is 5.75 Å². The fraction of sp³-hybridized carbons (Fsp3) is 0.227. The van der Waals surface area contributed by atoms with Gasteiger partial charge in [0.05, 0.1) is 16.9 Å². The van der Waals surface area contributed by atoms with E-state index in [1.165, 1.54) is 0 Å². The third-order valence-corrected chi connectivity index (χ3v) is 5.65. The highest BCUT2D eigenvalue weighted by Crippen LogP contribution is 2.32. The number of H-pyrrole nitrogens is 2. The molecule has 0 unspecified atom stereocenters. The summed E-state index contributed by atoms with van der Waals surface area (Å²) in [6.07, 6.45) is 1.16. The number of carboxylic acid groups (broad SMARTS) is 1. The van der Waals surface area contributed by atoms with E-state index in [9.17, 15) is 15.0 Å². The molecule has 3 heterocycles. The first-order valence-corrected chi connectivity index (χ1v) is 9.88. The first-order chi connectivity index (χ1) is 14.5. The molecule has 4 aromatic rings. The second kappa shape index (κ2) is 7.00. The zero-order valence-electron chi connectivity index (χ0n) is 16.4. The number of fused-ring (bicyclic) bond motifs is 2. The summed E-state index contributed by atoms with van der Waals surface area (Å²) < 4.78 is 0. The molecule has 0 saturated carbocycles. The highest BCUT2D eigenvalue weighted by Gasteiger charge is 2.27. The number of phenolic OH excluding ortho intramolecular Hbond substituents is 1. The number of aromatic amines is 2. The summed E-state index contributed by atoms with van der Waals surface area (Å²) >= 11 is 0. The average molecular weight is 403 g/mol. The molecule has 0 spiro atoms. The summed E-state index contributed by atoms with van der Waals surface area (Å²) in [5.74, 6) is 0.0243. The van der Waals surface area contributed by atoms with Crippen molar-refractivity contribution >= 4 is 16.9 Å². The molecular weight excluding hydrogens is 382 g/mol. The monoisotopic (exact) mass is 403 g/mol. The van der Waals surface area contributed by atoms with Crippen LogP contribution in [0.3, 0.4) is 0 Å². The molecule has 30 heavy (non-hydrogen) atoms. The van der Waals surface area contributed by atoms with E-state index in [2.05, 4.69) is 32.4 Å². The highest BCUT2D eigenvalue weighted by atomic mass is 16.4. The van der Waals surface area contributed by atoms with Crippen molar-refractivity contribution in [1.82, 2.24) is 25.5 Å². The molecule has 1 aliphatic heterocycles. The maximum Gasteiger partial charge on any atom is 0.321 e. The van der Waals surface area contributed by atoms with Crippen LogP contribution in [0.1, 0.15) is 23.9 Å². The quantitative estimate of drug-likeness (QED) is 0.356. The first-order valence-electron chi connectivity index (χ1n) is 9.88. The Bertz CT molecular complexity index is 1270. The lowest BCUT2D eigenvalue weighted by atomic mass is 9.97. The number of benzene rings is 2. The molecule has 8 heteroatoms. The number of phenols is 1. The minimum absolute atomic E-state index is 0.266. The van der Waals surface area contributed by atoms with E-state index in [1.54, 1.807) is 12.1 Å². The Morgan fingerprint density at radius 3 is 2.90 bits per heavy atom. The van der Waals surface area contributed by atoms with E-state index >= 15 is 0 Å². The summed E-state index contributed by atoms with van der Waals surface area (Å²) in [5, 5.41) is 30.5. The number of hydrogen-bond acceptors (Lipinski definition) is 5. The lowest BCUT2D eigenvalue weighted by Crippen LogP contribution is -2.41. The Morgan fingerprint density at radius 1 is 1.23 bits per heavy atom. The molecule has 1 atom stereocenters. The third kappa shape index (κ3) is 3.02. The van der Waals surface area contributed by atoms with E-state index < -0.39 is 12.0 Å². The maximum absolute atomic E-state index is 11.3. The summed E-state index contributed by atoms with van der Waals surface area (Å²) in [6, 6.07) is 10.9. The molecule has 0 fully saturated rings. The Hall–Kier alpha value is -3.65. The zero-order chi connectivity index (χ0) is 20.8. The minimum Gasteiger partial charge on any atom is -0.508 e. The van der Waals surface area contributed by atoms with Gasteiger partial charge in [-0.1, -0.05) is 19.1 Å². The van der Waals surface area contributed by atoms with Crippen LogP contribution < -0.4 is 5.32 Å². The molecule has 0 saturated heterocycles. The largest absolute Gasteiger partial charge is 0.508 e. The van der Waals surface area contributed by atoms with Gasteiger partial charge in [-0.15, -0.1) is 0 Å². The maximum atomic E-state index is 11.3. The molecule has 0 bridgehead atoms. The molecule has 2 aromatic heterocycles. The Labute approximate surface area is 172 Å². The number of hydrogen-bond donors (Lipinski definition) is 5. The molecule has 1 aliphatic rings. The molecule has 0 amide bonds. The fourth-order valence-electron chi connectivity index (χ4n) is 4.06. The molecule has 5 rings (SSSR count). The van der Waals surface area contributed by atoms with Gasteiger partial charge in [0.25, 0.3) is 0 Å². The van der Waals surface area contributed by atoms with E-state index in [4.69, 9.17) is 0 Å². The number of nitrogens with one attached hydrogen (secondary N) is 3. The van der Waals surface area contributed by atoms with Crippen LogP contribution in [0.15, 0.2) is 36.4 Å². The van der Waals surface area contributed by atoms with Gasteiger partial charge < -0.3 is 15.2 Å². The number of carboxylic acids is 1. The van der Waals surface area contributed by atoms with Crippen LogP contribution >= 0.6 is 0 Å². The Kier molecular flexibility index (Phi) is 4.29. The second-order valence-corrected chi connectivity index (χ2v) is 7.51. The number of aromatic hydroxyl groups is 1. The summed E-state index contributed by atoms with van der Waals surface area (Å²) in [5.41, 5.74) is 6.45. The Balaban J connectivity index is 1.52. The van der Waals surface area contributed by atoms with Crippen molar-refractivity contribution in [2.45, 2.75) is 32.4 Å². The van der Waals surface area contributed by atoms with Crippen molar-refractivity contribution in [3.8, 4) is 28.4 Å². The van der Waals surface area contributed by atoms with Crippen LogP contribution in [0.4, 0.5) is 0 Å². The number of imidazole rings is 1. The van der Waals surface area contributed by atoms with Gasteiger partial charge in [-0.25, -0.2) is 4.98 Å². The Morgan fingerprint density at radius 2 is 2.10 bits per heavy atom. The van der Waals surface area contributed by atoms with Gasteiger partial charge in [0.2, 0.25) is 0 Å². The number of rotatable bonds is 4. The van der Waals surface area contributed by atoms with Crippen molar-refractivity contribution in [1.29, 1.82) is 0 Å². The molecule has 8 nitrogen and oxygen atoms in total. The smallest absolute Gasteiger partial charge is 0.321 e. The molecule has 5 N–H and O–H groups in total. The van der Waals surface area contributed by atoms with Gasteiger partial charge in [0.1, 0.15) is 17.5 Å². The van der Waals surface area contributed by atoms with Crippen LogP contribution in [0.2, 0.25) is 0 Å². The summed E-state index contributed by atoms with van der Waals surface area (Å²) in [6.45, 7) is 2.50. The molecule has 0 aliphatic carbocycles. The molecule has 152 valence electrons. The average Bonchev–Trinajstić information content (AvgIpc) is 3.36. The molecule has 0 radical (unpaired) electrons. The summed E-state index contributed by atoms with van der Waals surface area (Å²) in [4.78, 5) is 19.2. The number of carbonyl (C=O) groups is 1. The minimum atomic E-state index is -0.872. The van der Waals surface area contributed by atoms with Crippen LogP contribution in [-0.2, 0) is 24.2 Å². The van der Waals surface area contributed by atoms with Gasteiger partial charge in [-0.05, 0) is 47.4 Å². The van der Waals surface area contributed by atoms with Crippen molar-refractivity contribution in [2.24, 2.45) is 0 Å². The lowest BCUT2D eigenvalue weighted by Gasteiger charge is -2.18. The van der Waals surface area contributed by atoms with E-state index in [0.29, 0.717) is 24.5 Å².